The van der Waals surface area contributed by atoms with Crippen LogP contribution < -0.4 is 9.47 Å². The van der Waals surface area contributed by atoms with E-state index < -0.39 is 8.15 Å². The standard InChI is InChI=1S/C19H26O.C10H15O2P.C3H6/c1-20-16-7-8-17(15-12-19(13-15)9-10-19)18(11-16)14-5-3-2-4-6-14;1-12-10-5-3-4-9(8-10)6-7-13(2)11;1-2-3-1/h7-8,11,14-15H,2-6,9-10,12-13H2,1H3;3-5,8,11H,6-7H2,1-2H3;1-3H2. The maximum atomic E-state index is 9.17. The third-order valence-corrected chi connectivity index (χ3v) is 9.18. The molecular weight excluding hydrogens is 463 g/mol. The van der Waals surface area contributed by atoms with Crippen molar-refractivity contribution in [3.8, 4) is 11.5 Å². The van der Waals surface area contributed by atoms with Gasteiger partial charge in [-0.05, 0) is 116 Å². The van der Waals surface area contributed by atoms with E-state index in [2.05, 4.69) is 24.3 Å². The van der Waals surface area contributed by atoms with Crippen molar-refractivity contribution >= 4 is 8.15 Å². The van der Waals surface area contributed by atoms with E-state index in [0.29, 0.717) is 0 Å². The lowest BCUT2D eigenvalue weighted by Crippen LogP contribution is -2.24. The molecule has 1 unspecified atom stereocenters. The van der Waals surface area contributed by atoms with E-state index in [0.717, 1.165) is 41.3 Å². The second-order valence-corrected chi connectivity index (χ2v) is 13.2. The lowest BCUT2D eigenvalue weighted by Gasteiger charge is -2.39. The molecule has 0 heterocycles. The second-order valence-electron chi connectivity index (χ2n) is 11.5. The summed E-state index contributed by atoms with van der Waals surface area (Å²) in [6, 6.07) is 14.9. The fraction of sp³-hybridized carbons (Fsp3) is 0.625. The summed E-state index contributed by atoms with van der Waals surface area (Å²) in [5, 5.41) is 0. The van der Waals surface area contributed by atoms with Crippen LogP contribution >= 0.6 is 8.15 Å². The lowest BCUT2D eigenvalue weighted by atomic mass is 9.66. The van der Waals surface area contributed by atoms with E-state index >= 15 is 0 Å². The zero-order valence-electron chi connectivity index (χ0n) is 22.8. The maximum Gasteiger partial charge on any atom is 0.119 e. The molecule has 3 nitrogen and oxygen atoms in total. The Bertz CT molecular complexity index is 933. The summed E-state index contributed by atoms with van der Waals surface area (Å²) in [6.45, 7) is 1.87. The van der Waals surface area contributed by atoms with Crippen molar-refractivity contribution in [3.63, 3.8) is 0 Å². The molecular formula is C32H47O3P. The van der Waals surface area contributed by atoms with Gasteiger partial charge in [-0.1, -0.05) is 56.7 Å². The molecule has 4 fully saturated rings. The Morgan fingerprint density at radius 2 is 1.44 bits per heavy atom. The molecule has 4 aliphatic rings. The molecule has 4 heteroatoms. The van der Waals surface area contributed by atoms with Crippen LogP contribution in [0, 0.1) is 5.41 Å². The van der Waals surface area contributed by atoms with Gasteiger partial charge in [0.2, 0.25) is 0 Å². The monoisotopic (exact) mass is 510 g/mol. The number of rotatable bonds is 7. The highest BCUT2D eigenvalue weighted by Gasteiger charge is 2.53. The largest absolute Gasteiger partial charge is 0.497 e. The van der Waals surface area contributed by atoms with Gasteiger partial charge in [-0.3, -0.25) is 0 Å². The lowest BCUT2D eigenvalue weighted by molar-refractivity contribution is 0.235. The number of hydrogen-bond donors (Lipinski definition) is 1. The van der Waals surface area contributed by atoms with Crippen LogP contribution in [0.1, 0.15) is 106 Å². The number of methoxy groups -OCH3 is 2. The van der Waals surface area contributed by atoms with Crippen molar-refractivity contribution in [3.05, 3.63) is 59.2 Å². The molecule has 0 aliphatic heterocycles. The topological polar surface area (TPSA) is 38.7 Å². The molecule has 0 saturated heterocycles. The highest BCUT2D eigenvalue weighted by atomic mass is 31.1. The van der Waals surface area contributed by atoms with E-state index in [9.17, 15) is 4.89 Å². The van der Waals surface area contributed by atoms with Crippen molar-refractivity contribution in [2.75, 3.05) is 27.0 Å². The molecule has 1 N–H and O–H groups in total. The Morgan fingerprint density at radius 3 is 2.03 bits per heavy atom. The molecule has 1 spiro atoms. The third kappa shape index (κ3) is 8.22. The van der Waals surface area contributed by atoms with E-state index in [1.807, 2.05) is 24.9 Å². The predicted octanol–water partition coefficient (Wildman–Crippen LogP) is 8.83. The first-order valence-corrected chi connectivity index (χ1v) is 16.2. The predicted molar refractivity (Wildman–Crippen MR) is 153 cm³/mol. The number of benzene rings is 2. The normalized spacial score (nSPS) is 20.7. The van der Waals surface area contributed by atoms with Gasteiger partial charge in [0.15, 0.2) is 0 Å². The molecule has 0 radical (unpaired) electrons. The van der Waals surface area contributed by atoms with Gasteiger partial charge in [-0.25, -0.2) is 0 Å². The molecule has 198 valence electrons. The summed E-state index contributed by atoms with van der Waals surface area (Å²) >= 11 is 0. The highest BCUT2D eigenvalue weighted by Crippen LogP contribution is 2.66. The zero-order valence-corrected chi connectivity index (χ0v) is 23.7. The summed E-state index contributed by atoms with van der Waals surface area (Å²) in [4.78, 5) is 9.17. The molecule has 0 bridgehead atoms. The van der Waals surface area contributed by atoms with Crippen molar-refractivity contribution in [2.45, 2.75) is 95.3 Å². The van der Waals surface area contributed by atoms with E-state index in [1.165, 1.54) is 82.6 Å². The van der Waals surface area contributed by atoms with Gasteiger partial charge in [0, 0.05) is 8.15 Å². The summed E-state index contributed by atoms with van der Waals surface area (Å²) in [5.41, 5.74) is 5.32. The number of hydrogen-bond acceptors (Lipinski definition) is 3. The van der Waals surface area contributed by atoms with Crippen molar-refractivity contribution in [1.29, 1.82) is 0 Å². The van der Waals surface area contributed by atoms with Gasteiger partial charge in [-0.2, -0.15) is 0 Å². The van der Waals surface area contributed by atoms with Crippen LogP contribution in [0.5, 0.6) is 11.5 Å². The minimum atomic E-state index is -0.779. The first kappa shape index (κ1) is 27.5. The molecule has 4 aliphatic carbocycles. The van der Waals surface area contributed by atoms with Crippen molar-refractivity contribution < 1.29 is 14.4 Å². The molecule has 0 amide bonds. The van der Waals surface area contributed by atoms with Crippen molar-refractivity contribution in [1.82, 2.24) is 0 Å². The third-order valence-electron chi connectivity index (χ3n) is 8.31. The minimum absolute atomic E-state index is 0.779. The van der Waals surface area contributed by atoms with Gasteiger partial charge in [0.05, 0.1) is 14.2 Å². The summed E-state index contributed by atoms with van der Waals surface area (Å²) < 4.78 is 10.6. The molecule has 4 saturated carbocycles. The SMILES string of the molecule is C1CC1.COc1ccc(C2CC3(CC3)C2)c(C2CCCCC2)c1.COc1cccc(CCP(C)O)c1. The zero-order chi connectivity index (χ0) is 25.4. The quantitative estimate of drug-likeness (QED) is 0.378. The molecule has 6 rings (SSSR count). The van der Waals surface area contributed by atoms with Crippen molar-refractivity contribution in [2.24, 2.45) is 5.41 Å². The van der Waals surface area contributed by atoms with Gasteiger partial charge >= 0.3 is 0 Å². The first-order chi connectivity index (χ1) is 17.5. The molecule has 0 aromatic heterocycles. The van der Waals surface area contributed by atoms with Gasteiger partial charge in [0.25, 0.3) is 0 Å². The number of ether oxygens (including phenoxy) is 2. The number of aryl methyl sites for hydroxylation is 1. The molecule has 1 atom stereocenters. The van der Waals surface area contributed by atoms with E-state index in [1.54, 1.807) is 25.3 Å². The minimum Gasteiger partial charge on any atom is -0.497 e. The second kappa shape index (κ2) is 13.3. The van der Waals surface area contributed by atoms with Crippen LogP contribution in [-0.4, -0.2) is 31.9 Å². The summed E-state index contributed by atoms with van der Waals surface area (Å²) in [5.74, 6) is 3.58. The molecule has 2 aromatic rings. The summed E-state index contributed by atoms with van der Waals surface area (Å²) in [7, 11) is 2.68. The average Bonchev–Trinajstić information content (AvgIpc) is 3.80. The Morgan fingerprint density at radius 1 is 0.806 bits per heavy atom. The van der Waals surface area contributed by atoms with Crippen LogP contribution in [-0.2, 0) is 6.42 Å². The van der Waals surface area contributed by atoms with E-state index in [-0.39, 0.29) is 0 Å². The maximum absolute atomic E-state index is 9.17. The Hall–Kier alpha value is -1.57. The van der Waals surface area contributed by atoms with Gasteiger partial charge in [0.1, 0.15) is 11.5 Å². The summed E-state index contributed by atoms with van der Waals surface area (Å²) in [6.07, 6.45) is 19.2. The fourth-order valence-electron chi connectivity index (χ4n) is 5.73. The van der Waals surface area contributed by atoms with Gasteiger partial charge in [-0.15, -0.1) is 0 Å². The molecule has 2 aromatic carbocycles. The van der Waals surface area contributed by atoms with Crippen LogP contribution in [0.25, 0.3) is 0 Å². The van der Waals surface area contributed by atoms with Gasteiger partial charge < -0.3 is 14.4 Å². The van der Waals surface area contributed by atoms with E-state index in [4.69, 9.17) is 9.47 Å². The average molecular weight is 511 g/mol. The Balaban J connectivity index is 0.000000163. The van der Waals surface area contributed by atoms with Crippen LogP contribution in [0.4, 0.5) is 0 Å². The highest BCUT2D eigenvalue weighted by molar-refractivity contribution is 7.50. The Kier molecular flexibility index (Phi) is 10.1. The first-order valence-electron chi connectivity index (χ1n) is 14.2. The smallest absolute Gasteiger partial charge is 0.119 e. The fourth-order valence-corrected chi connectivity index (χ4v) is 6.31. The Labute approximate surface area is 220 Å². The molecule has 36 heavy (non-hydrogen) atoms. The van der Waals surface area contributed by atoms with Crippen LogP contribution in [0.2, 0.25) is 0 Å². The van der Waals surface area contributed by atoms with Crippen LogP contribution in [0.3, 0.4) is 0 Å². The van der Waals surface area contributed by atoms with Crippen LogP contribution in [0.15, 0.2) is 42.5 Å².